The average molecular weight is 176 g/mol. The number of aromatic nitrogens is 1. The van der Waals surface area contributed by atoms with Gasteiger partial charge in [-0.25, -0.2) is 0 Å². The van der Waals surface area contributed by atoms with Crippen LogP contribution in [0.25, 0.3) is 5.52 Å². The molecular weight excluding hydrogens is 168 g/mol. The van der Waals surface area contributed by atoms with Gasteiger partial charge in [0.15, 0.2) is 0 Å². The summed E-state index contributed by atoms with van der Waals surface area (Å²) in [6.07, 6.45) is 1.34. The third-order valence-corrected chi connectivity index (χ3v) is 1.87. The molecule has 0 saturated carbocycles. The molecule has 0 radical (unpaired) electrons. The lowest BCUT2D eigenvalue weighted by Gasteiger charge is -2.02. The first-order valence-corrected chi connectivity index (χ1v) is 3.78. The number of hydrogen-bond donors (Lipinski definition) is 2. The van der Waals surface area contributed by atoms with E-state index in [0.717, 1.165) is 0 Å². The Morgan fingerprint density at radius 1 is 1.23 bits per heavy atom. The Bertz CT molecular complexity index is 516. The highest BCUT2D eigenvalue weighted by Crippen LogP contribution is 2.14. The second kappa shape index (κ2) is 2.52. The molecule has 0 bridgehead atoms. The lowest BCUT2D eigenvalue weighted by Crippen LogP contribution is -2.12. The van der Waals surface area contributed by atoms with Crippen molar-refractivity contribution in [2.75, 3.05) is 5.73 Å². The molecule has 0 atom stereocenters. The lowest BCUT2D eigenvalue weighted by molar-refractivity contribution is 0.471. The number of rotatable bonds is 0. The topological polar surface area (TPSA) is 67.7 Å². The zero-order chi connectivity index (χ0) is 9.42. The van der Waals surface area contributed by atoms with Crippen LogP contribution in [0.2, 0.25) is 0 Å². The predicted molar refractivity (Wildman–Crippen MR) is 49.7 cm³/mol. The summed E-state index contributed by atoms with van der Waals surface area (Å²) in [5, 5.41) is 9.15. The van der Waals surface area contributed by atoms with Gasteiger partial charge in [0.25, 0.3) is 5.56 Å². The van der Waals surface area contributed by atoms with Crippen LogP contribution in [-0.2, 0) is 0 Å². The van der Waals surface area contributed by atoms with Crippen molar-refractivity contribution in [2.45, 2.75) is 0 Å². The first-order valence-electron chi connectivity index (χ1n) is 3.78. The van der Waals surface area contributed by atoms with Crippen molar-refractivity contribution < 1.29 is 5.11 Å². The van der Waals surface area contributed by atoms with E-state index in [2.05, 4.69) is 0 Å². The minimum Gasteiger partial charge on any atom is -0.506 e. The quantitative estimate of drug-likeness (QED) is 0.617. The number of anilines is 1. The van der Waals surface area contributed by atoms with Crippen LogP contribution in [-0.4, -0.2) is 9.51 Å². The summed E-state index contributed by atoms with van der Waals surface area (Å²) >= 11 is 0. The van der Waals surface area contributed by atoms with E-state index in [4.69, 9.17) is 10.8 Å². The highest BCUT2D eigenvalue weighted by molar-refractivity contribution is 5.69. The third-order valence-electron chi connectivity index (χ3n) is 1.87. The Morgan fingerprint density at radius 3 is 2.77 bits per heavy atom. The summed E-state index contributed by atoms with van der Waals surface area (Å²) in [6, 6.07) is 6.01. The Balaban J connectivity index is 3.01. The molecule has 0 spiro atoms. The lowest BCUT2D eigenvalue weighted by atomic mass is 10.3. The molecule has 0 fully saturated rings. The number of fused-ring (bicyclic) bond motifs is 1. The van der Waals surface area contributed by atoms with Crippen LogP contribution in [0.1, 0.15) is 0 Å². The Morgan fingerprint density at radius 2 is 2.00 bits per heavy atom. The van der Waals surface area contributed by atoms with E-state index in [1.807, 2.05) is 0 Å². The van der Waals surface area contributed by atoms with Gasteiger partial charge in [0.1, 0.15) is 5.75 Å². The molecule has 3 N–H and O–H groups in total. The van der Waals surface area contributed by atoms with Gasteiger partial charge in [-0.05, 0) is 18.2 Å². The summed E-state index contributed by atoms with van der Waals surface area (Å²) < 4.78 is 1.31. The molecule has 0 saturated heterocycles. The number of nitrogen functional groups attached to an aromatic ring is 1. The molecule has 2 aromatic rings. The van der Waals surface area contributed by atoms with Gasteiger partial charge >= 0.3 is 0 Å². The van der Waals surface area contributed by atoms with E-state index in [9.17, 15) is 4.79 Å². The van der Waals surface area contributed by atoms with Crippen LogP contribution < -0.4 is 11.3 Å². The largest absolute Gasteiger partial charge is 0.506 e. The first-order chi connectivity index (χ1) is 6.18. The van der Waals surface area contributed by atoms with Crippen molar-refractivity contribution in [3.05, 3.63) is 40.8 Å². The molecule has 0 aliphatic rings. The fraction of sp³-hybridized carbons (Fsp3) is 0. The predicted octanol–water partition coefficient (Wildman–Crippen LogP) is 0.587. The summed E-state index contributed by atoms with van der Waals surface area (Å²) in [7, 11) is 0. The van der Waals surface area contributed by atoms with Crippen molar-refractivity contribution in [1.82, 2.24) is 4.40 Å². The fourth-order valence-electron chi connectivity index (χ4n) is 1.23. The number of pyridine rings is 2. The zero-order valence-corrected chi connectivity index (χ0v) is 6.77. The highest BCUT2D eigenvalue weighted by atomic mass is 16.3. The normalized spacial score (nSPS) is 10.5. The minimum absolute atomic E-state index is 0.0419. The van der Waals surface area contributed by atoms with E-state index in [-0.39, 0.29) is 11.3 Å². The summed E-state index contributed by atoms with van der Waals surface area (Å²) in [5.41, 5.74) is 6.54. The SMILES string of the molecule is Nc1ccc(=O)n2cc(O)ccc12. The molecule has 0 aromatic carbocycles. The van der Waals surface area contributed by atoms with Gasteiger partial charge in [0.2, 0.25) is 0 Å². The molecule has 0 amide bonds. The number of aromatic hydroxyl groups is 1. The molecule has 2 heterocycles. The smallest absolute Gasteiger partial charge is 0.255 e. The van der Waals surface area contributed by atoms with Crippen LogP contribution in [0, 0.1) is 0 Å². The molecule has 4 nitrogen and oxygen atoms in total. The molecule has 0 unspecified atom stereocenters. The maximum atomic E-state index is 11.3. The fourth-order valence-corrected chi connectivity index (χ4v) is 1.23. The molecule has 4 heteroatoms. The Labute approximate surface area is 73.9 Å². The summed E-state index contributed by atoms with van der Waals surface area (Å²) in [5.74, 6) is 0.0419. The summed E-state index contributed by atoms with van der Waals surface area (Å²) in [4.78, 5) is 11.3. The van der Waals surface area contributed by atoms with E-state index >= 15 is 0 Å². The monoisotopic (exact) mass is 176 g/mol. The third kappa shape index (κ3) is 1.12. The molecule has 0 aliphatic heterocycles. The minimum atomic E-state index is -0.208. The average Bonchev–Trinajstić information content (AvgIpc) is 2.12. The van der Waals surface area contributed by atoms with Crippen molar-refractivity contribution in [3.8, 4) is 5.75 Å². The van der Waals surface area contributed by atoms with Crippen molar-refractivity contribution >= 4 is 11.2 Å². The van der Waals surface area contributed by atoms with Crippen molar-refractivity contribution in [1.29, 1.82) is 0 Å². The van der Waals surface area contributed by atoms with Gasteiger partial charge in [0, 0.05) is 6.07 Å². The van der Waals surface area contributed by atoms with Crippen LogP contribution in [0.3, 0.4) is 0 Å². The zero-order valence-electron chi connectivity index (χ0n) is 6.77. The number of nitrogens with two attached hydrogens (primary N) is 1. The molecule has 66 valence electrons. The van der Waals surface area contributed by atoms with Gasteiger partial charge in [-0.1, -0.05) is 0 Å². The van der Waals surface area contributed by atoms with Crippen LogP contribution in [0.4, 0.5) is 5.69 Å². The second-order valence-corrected chi connectivity index (χ2v) is 2.77. The number of nitrogens with zero attached hydrogens (tertiary/aromatic N) is 1. The van der Waals surface area contributed by atoms with E-state index < -0.39 is 0 Å². The maximum Gasteiger partial charge on any atom is 0.255 e. The van der Waals surface area contributed by atoms with Crippen molar-refractivity contribution in [3.63, 3.8) is 0 Å². The van der Waals surface area contributed by atoms with E-state index in [0.29, 0.717) is 11.2 Å². The Hall–Kier alpha value is -1.97. The van der Waals surface area contributed by atoms with Crippen LogP contribution in [0.15, 0.2) is 35.3 Å². The maximum absolute atomic E-state index is 11.3. The summed E-state index contributed by atoms with van der Waals surface area (Å²) in [6.45, 7) is 0. The molecule has 13 heavy (non-hydrogen) atoms. The molecular formula is C9H8N2O2. The van der Waals surface area contributed by atoms with E-state index in [1.165, 1.54) is 22.7 Å². The Kier molecular flexibility index (Phi) is 1.48. The molecule has 2 rings (SSSR count). The van der Waals surface area contributed by atoms with E-state index in [1.54, 1.807) is 12.1 Å². The van der Waals surface area contributed by atoms with Gasteiger partial charge < -0.3 is 10.8 Å². The molecule has 0 aliphatic carbocycles. The van der Waals surface area contributed by atoms with Crippen LogP contribution in [0.5, 0.6) is 5.75 Å². The van der Waals surface area contributed by atoms with Crippen LogP contribution >= 0.6 is 0 Å². The van der Waals surface area contributed by atoms with Gasteiger partial charge in [0.05, 0.1) is 17.4 Å². The van der Waals surface area contributed by atoms with Gasteiger partial charge in [-0.3, -0.25) is 9.20 Å². The first kappa shape index (κ1) is 7.67. The second-order valence-electron chi connectivity index (χ2n) is 2.77. The highest BCUT2D eigenvalue weighted by Gasteiger charge is 1.99. The van der Waals surface area contributed by atoms with Crippen molar-refractivity contribution in [2.24, 2.45) is 0 Å². The van der Waals surface area contributed by atoms with Gasteiger partial charge in [-0.2, -0.15) is 0 Å². The standard InChI is InChI=1S/C9H8N2O2/c10-7-2-4-9(13)11-5-6(12)1-3-8(7)11/h1-5,12H,10H2. The molecule has 2 aromatic heterocycles. The van der Waals surface area contributed by atoms with Gasteiger partial charge in [-0.15, -0.1) is 0 Å². The number of hydrogen-bond acceptors (Lipinski definition) is 3.